The zero-order valence-corrected chi connectivity index (χ0v) is 13.0. The highest BCUT2D eigenvalue weighted by Gasteiger charge is 2.44. The highest BCUT2D eigenvalue weighted by Crippen LogP contribution is 2.32. The van der Waals surface area contributed by atoms with Crippen molar-refractivity contribution in [2.75, 3.05) is 13.1 Å². The molecule has 21 heavy (non-hydrogen) atoms. The molecule has 1 heterocycles. The number of carbonyl (C=O) groups is 1. The summed E-state index contributed by atoms with van der Waals surface area (Å²) in [6.07, 6.45) is -4.70. The molecule has 0 aromatic heterocycles. The lowest BCUT2D eigenvalue weighted by Crippen LogP contribution is -2.47. The van der Waals surface area contributed by atoms with Crippen LogP contribution < -0.4 is 0 Å². The summed E-state index contributed by atoms with van der Waals surface area (Å²) >= 11 is 0. The molecule has 1 aliphatic heterocycles. The van der Waals surface area contributed by atoms with Crippen molar-refractivity contribution in [2.45, 2.75) is 58.7 Å². The minimum absolute atomic E-state index is 0.0480. The molecule has 1 N–H and O–H groups in total. The molecule has 0 spiro atoms. The van der Waals surface area contributed by atoms with Gasteiger partial charge in [-0.25, -0.2) is 0 Å². The van der Waals surface area contributed by atoms with Crippen molar-refractivity contribution in [1.29, 1.82) is 0 Å². The van der Waals surface area contributed by atoms with E-state index in [1.807, 2.05) is 20.8 Å². The highest BCUT2D eigenvalue weighted by atomic mass is 19.4. The first kappa shape index (κ1) is 18.3. The number of aliphatic hydroxyl groups excluding tert-OH is 1. The van der Waals surface area contributed by atoms with E-state index < -0.39 is 18.2 Å². The third kappa shape index (κ3) is 4.87. The summed E-state index contributed by atoms with van der Waals surface area (Å²) in [5, 5.41) is 9.29. The van der Waals surface area contributed by atoms with E-state index in [-0.39, 0.29) is 30.6 Å². The predicted octanol–water partition coefficient (Wildman–Crippen LogP) is 3.22. The second-order valence-corrected chi connectivity index (χ2v) is 6.29. The third-order valence-electron chi connectivity index (χ3n) is 4.35. The van der Waals surface area contributed by atoms with Gasteiger partial charge in [0, 0.05) is 19.0 Å². The molecule has 2 atom stereocenters. The molecule has 124 valence electrons. The fourth-order valence-corrected chi connectivity index (χ4v) is 2.99. The predicted molar refractivity (Wildman–Crippen MR) is 74.6 cm³/mol. The number of piperidine rings is 1. The van der Waals surface area contributed by atoms with Crippen molar-refractivity contribution in [3.8, 4) is 0 Å². The summed E-state index contributed by atoms with van der Waals surface area (Å²) in [5.41, 5.74) is 0. The number of carbonyl (C=O) groups excluding carboxylic acids is 1. The SMILES string of the molecule is CCCC(C(=O)N1CCC(C(O)C(F)(F)F)CC1)C(C)C. The van der Waals surface area contributed by atoms with Gasteiger partial charge in [-0.3, -0.25) is 4.79 Å². The fourth-order valence-electron chi connectivity index (χ4n) is 2.99. The fraction of sp³-hybridized carbons (Fsp3) is 0.933. The molecule has 6 heteroatoms. The Balaban J connectivity index is 2.57. The Morgan fingerprint density at radius 2 is 1.81 bits per heavy atom. The highest BCUT2D eigenvalue weighted by molar-refractivity contribution is 5.79. The zero-order chi connectivity index (χ0) is 16.2. The average molecular weight is 309 g/mol. The summed E-state index contributed by atoms with van der Waals surface area (Å²) in [7, 11) is 0. The maximum atomic E-state index is 12.5. The van der Waals surface area contributed by atoms with Crippen LogP contribution in [0, 0.1) is 17.8 Å². The van der Waals surface area contributed by atoms with Gasteiger partial charge in [-0.05, 0) is 31.1 Å². The summed E-state index contributed by atoms with van der Waals surface area (Å²) in [6.45, 7) is 6.64. The van der Waals surface area contributed by atoms with Gasteiger partial charge >= 0.3 is 6.18 Å². The molecule has 0 radical (unpaired) electrons. The molecule has 3 nitrogen and oxygen atoms in total. The number of nitrogens with zero attached hydrogens (tertiary/aromatic N) is 1. The van der Waals surface area contributed by atoms with Crippen LogP contribution in [0.15, 0.2) is 0 Å². The number of alkyl halides is 3. The van der Waals surface area contributed by atoms with Gasteiger partial charge in [-0.1, -0.05) is 27.2 Å². The summed E-state index contributed by atoms with van der Waals surface area (Å²) < 4.78 is 37.5. The summed E-state index contributed by atoms with van der Waals surface area (Å²) in [6, 6.07) is 0. The monoisotopic (exact) mass is 309 g/mol. The van der Waals surface area contributed by atoms with E-state index in [0.29, 0.717) is 13.1 Å². The summed E-state index contributed by atoms with van der Waals surface area (Å²) in [4.78, 5) is 14.1. The van der Waals surface area contributed by atoms with Crippen LogP contribution in [0.4, 0.5) is 13.2 Å². The topological polar surface area (TPSA) is 40.5 Å². The number of halogens is 3. The molecule has 0 bridgehead atoms. The van der Waals surface area contributed by atoms with E-state index in [1.54, 1.807) is 4.90 Å². The van der Waals surface area contributed by atoms with E-state index >= 15 is 0 Å². The molecule has 1 amide bonds. The van der Waals surface area contributed by atoms with Crippen LogP contribution in [0.2, 0.25) is 0 Å². The van der Waals surface area contributed by atoms with E-state index in [2.05, 4.69) is 0 Å². The average Bonchev–Trinajstić information content (AvgIpc) is 2.42. The maximum absolute atomic E-state index is 12.5. The van der Waals surface area contributed by atoms with E-state index in [1.165, 1.54) is 0 Å². The Hall–Kier alpha value is -0.780. The molecular formula is C15H26F3NO2. The Kier molecular flexibility index (Phi) is 6.50. The van der Waals surface area contributed by atoms with Gasteiger partial charge in [0.25, 0.3) is 0 Å². The van der Waals surface area contributed by atoms with Crippen molar-refractivity contribution >= 4 is 5.91 Å². The lowest BCUT2D eigenvalue weighted by atomic mass is 9.87. The van der Waals surface area contributed by atoms with Crippen molar-refractivity contribution in [3.05, 3.63) is 0 Å². The molecule has 1 rings (SSSR count). The smallest absolute Gasteiger partial charge is 0.383 e. The standard InChI is InChI=1S/C15H26F3NO2/c1-4-5-12(10(2)3)14(21)19-8-6-11(7-9-19)13(20)15(16,17)18/h10-13,20H,4-9H2,1-3H3. The normalized spacial score (nSPS) is 20.7. The molecular weight excluding hydrogens is 283 g/mol. The molecule has 1 aliphatic rings. The molecule has 0 aromatic rings. The third-order valence-corrected chi connectivity index (χ3v) is 4.35. The second kappa shape index (κ2) is 7.47. The van der Waals surface area contributed by atoms with Crippen LogP contribution in [-0.2, 0) is 4.79 Å². The number of hydrogen-bond donors (Lipinski definition) is 1. The molecule has 0 aliphatic carbocycles. The van der Waals surface area contributed by atoms with Gasteiger partial charge in [0.05, 0.1) is 0 Å². The Bertz CT molecular complexity index is 336. The van der Waals surface area contributed by atoms with Crippen LogP contribution in [0.25, 0.3) is 0 Å². The minimum Gasteiger partial charge on any atom is -0.383 e. The summed E-state index contributed by atoms with van der Waals surface area (Å²) in [5.74, 6) is -0.570. The number of rotatable bonds is 5. The van der Waals surface area contributed by atoms with E-state index in [9.17, 15) is 23.1 Å². The molecule has 2 unspecified atom stereocenters. The van der Waals surface area contributed by atoms with Gasteiger partial charge in [-0.15, -0.1) is 0 Å². The van der Waals surface area contributed by atoms with Gasteiger partial charge in [0.1, 0.15) is 0 Å². The Labute approximate surface area is 124 Å². The van der Waals surface area contributed by atoms with Gasteiger partial charge < -0.3 is 10.0 Å². The van der Waals surface area contributed by atoms with Crippen molar-refractivity contribution in [1.82, 2.24) is 4.90 Å². The van der Waals surface area contributed by atoms with Crippen LogP contribution in [0.5, 0.6) is 0 Å². The number of hydrogen-bond acceptors (Lipinski definition) is 2. The van der Waals surface area contributed by atoms with Gasteiger partial charge in [0.2, 0.25) is 5.91 Å². The lowest BCUT2D eigenvalue weighted by molar-refractivity contribution is -0.223. The van der Waals surface area contributed by atoms with Crippen LogP contribution in [0.1, 0.15) is 46.5 Å². The Morgan fingerprint density at radius 3 is 2.19 bits per heavy atom. The van der Waals surface area contributed by atoms with Crippen LogP contribution in [-0.4, -0.2) is 41.3 Å². The molecule has 1 fully saturated rings. The van der Waals surface area contributed by atoms with Gasteiger partial charge in [0.15, 0.2) is 6.10 Å². The Morgan fingerprint density at radius 1 is 1.29 bits per heavy atom. The molecule has 1 saturated heterocycles. The van der Waals surface area contributed by atoms with E-state index in [0.717, 1.165) is 12.8 Å². The van der Waals surface area contributed by atoms with Crippen molar-refractivity contribution < 1.29 is 23.1 Å². The number of aliphatic hydroxyl groups is 1. The maximum Gasteiger partial charge on any atom is 0.414 e. The second-order valence-electron chi connectivity index (χ2n) is 6.29. The zero-order valence-electron chi connectivity index (χ0n) is 13.0. The first-order valence-corrected chi connectivity index (χ1v) is 7.72. The first-order chi connectivity index (χ1) is 9.68. The van der Waals surface area contributed by atoms with E-state index in [4.69, 9.17) is 0 Å². The molecule has 0 aromatic carbocycles. The van der Waals surface area contributed by atoms with Crippen LogP contribution in [0.3, 0.4) is 0 Å². The number of likely N-dealkylation sites (tertiary alicyclic amines) is 1. The lowest BCUT2D eigenvalue weighted by Gasteiger charge is -2.37. The van der Waals surface area contributed by atoms with Crippen molar-refractivity contribution in [2.24, 2.45) is 17.8 Å². The molecule has 0 saturated carbocycles. The first-order valence-electron chi connectivity index (χ1n) is 7.72. The minimum atomic E-state index is -4.57. The van der Waals surface area contributed by atoms with Crippen LogP contribution >= 0.6 is 0 Å². The van der Waals surface area contributed by atoms with Gasteiger partial charge in [-0.2, -0.15) is 13.2 Å². The van der Waals surface area contributed by atoms with Crippen molar-refractivity contribution in [3.63, 3.8) is 0 Å². The quantitative estimate of drug-likeness (QED) is 0.847. The largest absolute Gasteiger partial charge is 0.414 e. The number of amides is 1.